The average Bonchev–Trinajstić information content (AvgIpc) is 3.31. The van der Waals surface area contributed by atoms with Gasteiger partial charge in [0.25, 0.3) is 0 Å². The van der Waals surface area contributed by atoms with Gasteiger partial charge in [0.05, 0.1) is 11.7 Å². The van der Waals surface area contributed by atoms with Gasteiger partial charge in [0.15, 0.2) is 0 Å². The number of ether oxygens (including phenoxy) is 2. The van der Waals surface area contributed by atoms with E-state index in [4.69, 9.17) is 9.47 Å². The van der Waals surface area contributed by atoms with Crippen molar-refractivity contribution < 1.29 is 19.4 Å². The third kappa shape index (κ3) is 4.92. The van der Waals surface area contributed by atoms with Crippen molar-refractivity contribution in [3.05, 3.63) is 53.6 Å². The lowest BCUT2D eigenvalue weighted by atomic mass is 9.78. The number of esters is 1. The Kier molecular flexibility index (Phi) is 6.41. The van der Waals surface area contributed by atoms with Gasteiger partial charge >= 0.3 is 5.97 Å². The summed E-state index contributed by atoms with van der Waals surface area (Å²) in [5, 5.41) is 11.1. The Bertz CT molecular complexity index is 736. The van der Waals surface area contributed by atoms with E-state index in [2.05, 4.69) is 33.8 Å². The van der Waals surface area contributed by atoms with Crippen molar-refractivity contribution in [3.8, 4) is 0 Å². The first-order chi connectivity index (χ1) is 13.3. The van der Waals surface area contributed by atoms with E-state index in [1.807, 2.05) is 30.3 Å². The standard InChI is InChI=1S/C24H32O4/c1-16(2)21-19(27-20(25)13-12-18-10-6-5-7-11-18)15-17(3)9-8-14-24(4)23(28-24)22(21)26/h5-7,9-13,16,19,21-23,26H,8,14-15H2,1-4H3/b13-12+,17-9-/t19-,21?,22-,23+,24+/m1/s1. The Balaban J connectivity index is 1.79. The normalized spacial score (nSPS) is 35.1. The number of aliphatic hydroxyl groups excluding tert-OH is 1. The van der Waals surface area contributed by atoms with Gasteiger partial charge in [-0.2, -0.15) is 0 Å². The van der Waals surface area contributed by atoms with E-state index >= 15 is 0 Å². The zero-order valence-electron chi connectivity index (χ0n) is 17.3. The van der Waals surface area contributed by atoms with Crippen molar-refractivity contribution in [2.45, 2.75) is 70.9 Å². The molecule has 1 aliphatic heterocycles. The van der Waals surface area contributed by atoms with Gasteiger partial charge in [-0.05, 0) is 44.2 Å². The van der Waals surface area contributed by atoms with Crippen LogP contribution in [0.3, 0.4) is 0 Å². The van der Waals surface area contributed by atoms with Gasteiger partial charge in [-0.1, -0.05) is 55.8 Å². The maximum atomic E-state index is 12.5. The molecule has 1 aromatic carbocycles. The highest BCUT2D eigenvalue weighted by atomic mass is 16.6. The molecule has 28 heavy (non-hydrogen) atoms. The third-order valence-electron chi connectivity index (χ3n) is 5.98. The number of benzene rings is 1. The zero-order valence-corrected chi connectivity index (χ0v) is 17.3. The number of carbonyl (C=O) groups is 1. The predicted octanol–water partition coefficient (Wildman–Crippen LogP) is 4.53. The Labute approximate surface area is 168 Å². The summed E-state index contributed by atoms with van der Waals surface area (Å²) in [5.74, 6) is -0.398. The third-order valence-corrected chi connectivity index (χ3v) is 5.98. The quantitative estimate of drug-likeness (QED) is 0.359. The van der Waals surface area contributed by atoms with Crippen LogP contribution in [-0.4, -0.2) is 35.0 Å². The minimum absolute atomic E-state index is 0.159. The van der Waals surface area contributed by atoms with Crippen molar-refractivity contribution in [1.82, 2.24) is 0 Å². The van der Waals surface area contributed by atoms with Crippen LogP contribution in [0.5, 0.6) is 0 Å². The first-order valence-corrected chi connectivity index (χ1v) is 10.3. The minimum Gasteiger partial charge on any atom is -0.458 e. The molecule has 5 atom stereocenters. The topological polar surface area (TPSA) is 59.1 Å². The monoisotopic (exact) mass is 384 g/mol. The van der Waals surface area contributed by atoms with E-state index in [1.54, 1.807) is 6.08 Å². The molecule has 0 saturated carbocycles. The van der Waals surface area contributed by atoms with Crippen LogP contribution in [0.25, 0.3) is 6.08 Å². The number of epoxide rings is 1. The van der Waals surface area contributed by atoms with Crippen LogP contribution < -0.4 is 0 Å². The molecule has 0 spiro atoms. The second kappa shape index (κ2) is 8.62. The molecule has 1 aromatic rings. The molecular weight excluding hydrogens is 352 g/mol. The van der Waals surface area contributed by atoms with E-state index in [9.17, 15) is 9.90 Å². The summed E-state index contributed by atoms with van der Waals surface area (Å²) in [6.07, 6.45) is 6.66. The second-order valence-electron chi connectivity index (χ2n) is 8.68. The van der Waals surface area contributed by atoms with Crippen LogP contribution >= 0.6 is 0 Å². The Morgan fingerprint density at radius 1 is 1.32 bits per heavy atom. The summed E-state index contributed by atoms with van der Waals surface area (Å²) in [4.78, 5) is 12.5. The molecule has 0 radical (unpaired) electrons. The molecule has 0 amide bonds. The fourth-order valence-electron chi connectivity index (χ4n) is 4.31. The van der Waals surface area contributed by atoms with Crippen LogP contribution in [0, 0.1) is 11.8 Å². The summed E-state index contributed by atoms with van der Waals surface area (Å²) in [6.45, 7) is 8.27. The fraction of sp³-hybridized carbons (Fsp3) is 0.542. The molecule has 152 valence electrons. The molecule has 3 rings (SSSR count). The SMILES string of the molecule is C/C1=C/CC[C@]2(C)O[C@H]2[C@H](O)C(C(C)C)[C@H](OC(=O)/C=C/c2ccccc2)C1. The van der Waals surface area contributed by atoms with Crippen molar-refractivity contribution >= 4 is 12.0 Å². The van der Waals surface area contributed by atoms with Gasteiger partial charge in [0.1, 0.15) is 12.2 Å². The van der Waals surface area contributed by atoms with E-state index in [0.717, 1.165) is 18.4 Å². The predicted molar refractivity (Wildman–Crippen MR) is 111 cm³/mol. The molecule has 2 aliphatic rings. The average molecular weight is 385 g/mol. The molecule has 0 aromatic heterocycles. The molecule has 1 aliphatic carbocycles. The lowest BCUT2D eigenvalue weighted by molar-refractivity contribution is -0.150. The number of allylic oxidation sites excluding steroid dienone is 1. The van der Waals surface area contributed by atoms with Crippen LogP contribution in [0.4, 0.5) is 0 Å². The summed E-state index contributed by atoms with van der Waals surface area (Å²) in [7, 11) is 0. The summed E-state index contributed by atoms with van der Waals surface area (Å²) in [5.41, 5.74) is 1.86. The molecular formula is C24H32O4. The summed E-state index contributed by atoms with van der Waals surface area (Å²) >= 11 is 0. The molecule has 1 saturated heterocycles. The number of hydrogen-bond donors (Lipinski definition) is 1. The molecule has 4 nitrogen and oxygen atoms in total. The van der Waals surface area contributed by atoms with Crippen LogP contribution in [0.2, 0.25) is 0 Å². The first-order valence-electron chi connectivity index (χ1n) is 10.3. The van der Waals surface area contributed by atoms with Gasteiger partial charge in [-0.25, -0.2) is 4.79 Å². The maximum absolute atomic E-state index is 12.5. The highest BCUT2D eigenvalue weighted by molar-refractivity contribution is 5.87. The minimum atomic E-state index is -0.646. The molecule has 1 unspecified atom stereocenters. The van der Waals surface area contributed by atoms with E-state index in [-0.39, 0.29) is 35.6 Å². The van der Waals surface area contributed by atoms with E-state index < -0.39 is 6.10 Å². The summed E-state index contributed by atoms with van der Waals surface area (Å²) in [6, 6.07) is 9.67. The first kappa shape index (κ1) is 20.8. The second-order valence-corrected chi connectivity index (χ2v) is 8.68. The van der Waals surface area contributed by atoms with E-state index in [0.29, 0.717) is 6.42 Å². The van der Waals surface area contributed by atoms with Gasteiger partial charge in [0.2, 0.25) is 0 Å². The molecule has 0 bridgehead atoms. The Morgan fingerprint density at radius 3 is 2.71 bits per heavy atom. The van der Waals surface area contributed by atoms with Crippen LogP contribution in [0.1, 0.15) is 52.5 Å². The number of carbonyl (C=O) groups excluding carboxylic acids is 1. The molecule has 4 heteroatoms. The zero-order chi connectivity index (χ0) is 20.3. The van der Waals surface area contributed by atoms with Gasteiger partial charge < -0.3 is 14.6 Å². The van der Waals surface area contributed by atoms with Crippen molar-refractivity contribution in [1.29, 1.82) is 0 Å². The van der Waals surface area contributed by atoms with Crippen molar-refractivity contribution in [2.24, 2.45) is 11.8 Å². The van der Waals surface area contributed by atoms with Crippen molar-refractivity contribution in [3.63, 3.8) is 0 Å². The number of fused-ring (bicyclic) bond motifs is 1. The molecule has 1 fully saturated rings. The lowest BCUT2D eigenvalue weighted by Gasteiger charge is -2.34. The Hall–Kier alpha value is -1.91. The highest BCUT2D eigenvalue weighted by Gasteiger charge is 2.58. The molecule has 1 N–H and O–H groups in total. The van der Waals surface area contributed by atoms with Gasteiger partial charge in [-0.15, -0.1) is 0 Å². The smallest absolute Gasteiger partial charge is 0.331 e. The lowest BCUT2D eigenvalue weighted by Crippen LogP contribution is -2.43. The van der Waals surface area contributed by atoms with Crippen molar-refractivity contribution in [2.75, 3.05) is 0 Å². The Morgan fingerprint density at radius 2 is 2.04 bits per heavy atom. The maximum Gasteiger partial charge on any atom is 0.331 e. The van der Waals surface area contributed by atoms with E-state index in [1.165, 1.54) is 11.6 Å². The van der Waals surface area contributed by atoms with Gasteiger partial charge in [0, 0.05) is 18.4 Å². The van der Waals surface area contributed by atoms with Crippen LogP contribution in [0.15, 0.2) is 48.1 Å². The van der Waals surface area contributed by atoms with Gasteiger partial charge in [-0.3, -0.25) is 0 Å². The number of rotatable bonds is 4. The largest absolute Gasteiger partial charge is 0.458 e. The highest BCUT2D eigenvalue weighted by Crippen LogP contribution is 2.47. The number of aliphatic hydroxyl groups is 1. The molecule has 1 heterocycles. The van der Waals surface area contributed by atoms with Crippen LogP contribution in [-0.2, 0) is 14.3 Å². The number of hydrogen-bond acceptors (Lipinski definition) is 4. The summed E-state index contributed by atoms with van der Waals surface area (Å²) < 4.78 is 11.8. The fourth-order valence-corrected chi connectivity index (χ4v) is 4.31.